The molecule has 2 amide bonds. The molecule has 0 saturated heterocycles. The van der Waals surface area contributed by atoms with Gasteiger partial charge in [0.1, 0.15) is 12.7 Å². The van der Waals surface area contributed by atoms with E-state index in [1.165, 1.54) is 6.33 Å². The van der Waals surface area contributed by atoms with Crippen LogP contribution in [0.3, 0.4) is 0 Å². The highest BCUT2D eigenvalue weighted by atomic mass is 16.2. The Bertz CT molecular complexity index is 977. The second-order valence-corrected chi connectivity index (χ2v) is 7.40. The van der Waals surface area contributed by atoms with Crippen molar-refractivity contribution in [1.82, 2.24) is 25.0 Å². The Morgan fingerprint density at radius 2 is 1.69 bits per heavy atom. The van der Waals surface area contributed by atoms with Crippen molar-refractivity contribution in [3.63, 3.8) is 0 Å². The molecule has 2 aromatic carbocycles. The molecule has 0 bridgehead atoms. The summed E-state index contributed by atoms with van der Waals surface area (Å²) in [5.41, 5.74) is 3.31. The second-order valence-electron chi connectivity index (χ2n) is 7.40. The van der Waals surface area contributed by atoms with Gasteiger partial charge in [-0.05, 0) is 48.2 Å². The fourth-order valence-electron chi connectivity index (χ4n) is 3.08. The quantitative estimate of drug-likeness (QED) is 0.673. The van der Waals surface area contributed by atoms with E-state index in [9.17, 15) is 9.59 Å². The predicted octanol–water partition coefficient (Wildman–Crippen LogP) is 2.49. The van der Waals surface area contributed by atoms with Gasteiger partial charge in [0.05, 0.1) is 6.54 Å². The van der Waals surface area contributed by atoms with Crippen molar-refractivity contribution in [2.24, 2.45) is 0 Å². The standard InChI is InChI=1S/C22H23N5O2/c1-26(12-16-2-6-18(7-3-16)21(28)25-20-10-11-20)22(29)19-8-4-17(5-9-19)13-27-15-23-14-24-27/h2-9,14-15,20H,10-13H2,1H3,(H,25,28). The van der Waals surface area contributed by atoms with E-state index in [2.05, 4.69) is 15.4 Å². The molecule has 1 saturated carbocycles. The fourth-order valence-corrected chi connectivity index (χ4v) is 3.08. The third-order valence-corrected chi connectivity index (χ3v) is 4.91. The summed E-state index contributed by atoms with van der Waals surface area (Å²) in [6.07, 6.45) is 5.29. The van der Waals surface area contributed by atoms with E-state index in [-0.39, 0.29) is 11.8 Å². The van der Waals surface area contributed by atoms with Crippen LogP contribution in [-0.4, -0.2) is 44.6 Å². The zero-order valence-corrected chi connectivity index (χ0v) is 16.3. The molecule has 1 aromatic heterocycles. The maximum absolute atomic E-state index is 12.7. The molecule has 1 fully saturated rings. The van der Waals surface area contributed by atoms with Crippen molar-refractivity contribution >= 4 is 11.8 Å². The number of carbonyl (C=O) groups excluding carboxylic acids is 2. The van der Waals surface area contributed by atoms with Crippen LogP contribution in [0.1, 0.15) is 44.7 Å². The highest BCUT2D eigenvalue weighted by molar-refractivity contribution is 5.95. The van der Waals surface area contributed by atoms with Crippen LogP contribution in [0.25, 0.3) is 0 Å². The molecule has 1 aliphatic rings. The minimum absolute atomic E-state index is 0.0329. The highest BCUT2D eigenvalue weighted by Gasteiger charge is 2.23. The first-order valence-electron chi connectivity index (χ1n) is 9.65. The zero-order valence-electron chi connectivity index (χ0n) is 16.3. The van der Waals surface area contributed by atoms with Crippen LogP contribution >= 0.6 is 0 Å². The maximum Gasteiger partial charge on any atom is 0.253 e. The average Bonchev–Trinajstić information content (AvgIpc) is 3.40. The highest BCUT2D eigenvalue weighted by Crippen LogP contribution is 2.19. The zero-order chi connectivity index (χ0) is 20.2. The van der Waals surface area contributed by atoms with Gasteiger partial charge < -0.3 is 10.2 Å². The third kappa shape index (κ3) is 4.87. The number of hydrogen-bond donors (Lipinski definition) is 1. The molecule has 7 nitrogen and oxygen atoms in total. The van der Waals surface area contributed by atoms with E-state index in [1.807, 2.05) is 48.5 Å². The molecule has 1 heterocycles. The Kier molecular flexibility index (Phi) is 5.37. The van der Waals surface area contributed by atoms with Gasteiger partial charge in [0, 0.05) is 30.8 Å². The van der Waals surface area contributed by atoms with E-state index >= 15 is 0 Å². The molecular weight excluding hydrogens is 366 g/mol. The monoisotopic (exact) mass is 389 g/mol. The van der Waals surface area contributed by atoms with Gasteiger partial charge in [-0.2, -0.15) is 5.10 Å². The normalized spacial score (nSPS) is 13.1. The maximum atomic E-state index is 12.7. The van der Waals surface area contributed by atoms with Gasteiger partial charge in [-0.25, -0.2) is 9.67 Å². The molecule has 7 heteroatoms. The Hall–Kier alpha value is -3.48. The van der Waals surface area contributed by atoms with Crippen molar-refractivity contribution in [3.8, 4) is 0 Å². The smallest absolute Gasteiger partial charge is 0.253 e. The molecule has 0 radical (unpaired) electrons. The number of hydrogen-bond acceptors (Lipinski definition) is 4. The Labute approximate surface area is 169 Å². The van der Waals surface area contributed by atoms with E-state index in [4.69, 9.17) is 0 Å². The van der Waals surface area contributed by atoms with E-state index in [1.54, 1.807) is 23.0 Å². The fraction of sp³-hybridized carbons (Fsp3) is 0.273. The lowest BCUT2D eigenvalue weighted by atomic mass is 10.1. The molecule has 0 unspecified atom stereocenters. The van der Waals surface area contributed by atoms with Crippen LogP contribution in [0.15, 0.2) is 61.2 Å². The summed E-state index contributed by atoms with van der Waals surface area (Å²) in [6, 6.07) is 15.3. The van der Waals surface area contributed by atoms with E-state index in [0.717, 1.165) is 24.0 Å². The molecule has 1 aliphatic carbocycles. The minimum atomic E-state index is -0.0483. The molecule has 29 heavy (non-hydrogen) atoms. The molecule has 148 valence electrons. The third-order valence-electron chi connectivity index (χ3n) is 4.91. The van der Waals surface area contributed by atoms with Gasteiger partial charge in [-0.1, -0.05) is 24.3 Å². The van der Waals surface area contributed by atoms with Gasteiger partial charge in [0.2, 0.25) is 0 Å². The minimum Gasteiger partial charge on any atom is -0.349 e. The van der Waals surface area contributed by atoms with Gasteiger partial charge in [-0.3, -0.25) is 9.59 Å². The largest absolute Gasteiger partial charge is 0.349 e. The molecular formula is C22H23N5O2. The summed E-state index contributed by atoms with van der Waals surface area (Å²) < 4.78 is 1.73. The van der Waals surface area contributed by atoms with Crippen molar-refractivity contribution in [1.29, 1.82) is 0 Å². The topological polar surface area (TPSA) is 80.1 Å². The first-order chi connectivity index (χ1) is 14.1. The SMILES string of the molecule is CN(Cc1ccc(C(=O)NC2CC2)cc1)C(=O)c1ccc(Cn2cncn2)cc1. The van der Waals surface area contributed by atoms with Crippen LogP contribution in [0, 0.1) is 0 Å². The number of aromatic nitrogens is 3. The lowest BCUT2D eigenvalue weighted by Gasteiger charge is -2.18. The van der Waals surface area contributed by atoms with Crippen LogP contribution in [-0.2, 0) is 13.1 Å². The molecule has 0 spiro atoms. The lowest BCUT2D eigenvalue weighted by Crippen LogP contribution is -2.27. The first-order valence-corrected chi connectivity index (χ1v) is 9.65. The summed E-state index contributed by atoms with van der Waals surface area (Å²) in [4.78, 5) is 30.4. The van der Waals surface area contributed by atoms with Crippen molar-refractivity contribution in [3.05, 3.63) is 83.4 Å². The number of nitrogens with zero attached hydrogens (tertiary/aromatic N) is 4. The van der Waals surface area contributed by atoms with Gasteiger partial charge in [-0.15, -0.1) is 0 Å². The molecule has 0 atom stereocenters. The van der Waals surface area contributed by atoms with Crippen LogP contribution < -0.4 is 5.32 Å². The summed E-state index contributed by atoms with van der Waals surface area (Å²) in [7, 11) is 1.78. The number of amides is 2. The second kappa shape index (κ2) is 8.26. The molecule has 4 rings (SSSR count). The van der Waals surface area contributed by atoms with Gasteiger partial charge in [0.25, 0.3) is 11.8 Å². The van der Waals surface area contributed by atoms with Crippen molar-refractivity contribution < 1.29 is 9.59 Å². The number of benzene rings is 2. The van der Waals surface area contributed by atoms with E-state index < -0.39 is 0 Å². The van der Waals surface area contributed by atoms with Crippen LogP contribution in [0.4, 0.5) is 0 Å². The lowest BCUT2D eigenvalue weighted by molar-refractivity contribution is 0.0784. The molecule has 0 aliphatic heterocycles. The van der Waals surface area contributed by atoms with Crippen LogP contribution in [0.5, 0.6) is 0 Å². The molecule has 1 N–H and O–H groups in total. The van der Waals surface area contributed by atoms with Gasteiger partial charge in [0.15, 0.2) is 0 Å². The Balaban J connectivity index is 1.34. The van der Waals surface area contributed by atoms with Gasteiger partial charge >= 0.3 is 0 Å². The number of nitrogens with one attached hydrogen (secondary N) is 1. The summed E-state index contributed by atoms with van der Waals surface area (Å²) >= 11 is 0. The van der Waals surface area contributed by atoms with Crippen LogP contribution in [0.2, 0.25) is 0 Å². The average molecular weight is 389 g/mol. The summed E-state index contributed by atoms with van der Waals surface area (Å²) in [5, 5.41) is 7.06. The first kappa shape index (κ1) is 18.9. The summed E-state index contributed by atoms with van der Waals surface area (Å²) in [5.74, 6) is -0.0812. The predicted molar refractivity (Wildman–Crippen MR) is 108 cm³/mol. The molecule has 3 aromatic rings. The Morgan fingerprint density at radius 3 is 2.31 bits per heavy atom. The number of carbonyl (C=O) groups is 2. The van der Waals surface area contributed by atoms with Crippen molar-refractivity contribution in [2.75, 3.05) is 7.05 Å². The van der Waals surface area contributed by atoms with E-state index in [0.29, 0.717) is 30.3 Å². The number of rotatable bonds is 7. The van der Waals surface area contributed by atoms with Crippen molar-refractivity contribution in [2.45, 2.75) is 32.0 Å². The summed E-state index contributed by atoms with van der Waals surface area (Å²) in [6.45, 7) is 1.09. The Morgan fingerprint density at radius 1 is 1.03 bits per heavy atom.